The first kappa shape index (κ1) is 14.5. The highest BCUT2D eigenvalue weighted by atomic mass is 32.1. The van der Waals surface area contributed by atoms with Crippen molar-refractivity contribution in [3.05, 3.63) is 34.3 Å². The van der Waals surface area contributed by atoms with Gasteiger partial charge in [-0.05, 0) is 44.5 Å². The number of benzene rings is 1. The van der Waals surface area contributed by atoms with Crippen LogP contribution in [-0.4, -0.2) is 24.7 Å². The van der Waals surface area contributed by atoms with Crippen LogP contribution in [0.1, 0.15) is 27.9 Å². The van der Waals surface area contributed by atoms with Crippen LogP contribution < -0.4 is 4.74 Å². The molecule has 5 heteroatoms. The maximum Gasteiger partial charge on any atom is 0.358 e. The Labute approximate surface area is 122 Å². The molecule has 0 saturated heterocycles. The summed E-state index contributed by atoms with van der Waals surface area (Å²) in [6.45, 7) is 6.00. The highest BCUT2D eigenvalue weighted by Gasteiger charge is 2.17. The molecule has 0 N–H and O–H groups in total. The smallest absolute Gasteiger partial charge is 0.358 e. The molecule has 0 saturated carbocycles. The van der Waals surface area contributed by atoms with Crippen molar-refractivity contribution in [2.45, 2.75) is 20.8 Å². The van der Waals surface area contributed by atoms with Crippen molar-refractivity contribution in [2.75, 3.05) is 13.7 Å². The van der Waals surface area contributed by atoms with Crippen molar-refractivity contribution in [1.82, 2.24) is 4.98 Å². The predicted octanol–water partition coefficient (Wildman–Crippen LogP) is 3.61. The van der Waals surface area contributed by atoms with E-state index in [1.54, 1.807) is 14.0 Å². The zero-order chi connectivity index (χ0) is 14.7. The Bertz CT molecular complexity index is 634. The van der Waals surface area contributed by atoms with Gasteiger partial charge in [0, 0.05) is 10.4 Å². The maximum atomic E-state index is 11.8. The molecule has 1 aromatic carbocycles. The third-order valence-corrected chi connectivity index (χ3v) is 3.93. The molecular weight excluding hydrogens is 274 g/mol. The van der Waals surface area contributed by atoms with Crippen molar-refractivity contribution in [3.8, 4) is 16.3 Å². The van der Waals surface area contributed by atoms with Gasteiger partial charge in [-0.3, -0.25) is 0 Å². The quantitative estimate of drug-likeness (QED) is 0.807. The molecular formula is C15H17NO3S. The Kier molecular flexibility index (Phi) is 4.39. The van der Waals surface area contributed by atoms with Crippen molar-refractivity contribution < 1.29 is 14.3 Å². The number of carbonyl (C=O) groups excluding carboxylic acids is 1. The summed E-state index contributed by atoms with van der Waals surface area (Å²) in [5.41, 5.74) is 2.42. The van der Waals surface area contributed by atoms with Gasteiger partial charge in [0.15, 0.2) is 5.69 Å². The monoisotopic (exact) mass is 291 g/mol. The van der Waals surface area contributed by atoms with Crippen LogP contribution in [0.3, 0.4) is 0 Å². The Balaban J connectivity index is 2.37. The number of hydrogen-bond donors (Lipinski definition) is 0. The van der Waals surface area contributed by atoms with E-state index in [1.165, 1.54) is 11.3 Å². The van der Waals surface area contributed by atoms with Crippen LogP contribution in [0.15, 0.2) is 18.2 Å². The molecule has 0 aliphatic heterocycles. The van der Waals surface area contributed by atoms with Crippen LogP contribution in [-0.2, 0) is 4.74 Å². The van der Waals surface area contributed by atoms with Gasteiger partial charge in [-0.2, -0.15) is 0 Å². The molecule has 0 radical (unpaired) electrons. The number of esters is 1. The minimum Gasteiger partial charge on any atom is -0.496 e. The second-order valence-electron chi connectivity index (χ2n) is 4.33. The molecule has 0 unspecified atom stereocenters. The van der Waals surface area contributed by atoms with Gasteiger partial charge in [-0.15, -0.1) is 11.3 Å². The zero-order valence-corrected chi connectivity index (χ0v) is 12.8. The van der Waals surface area contributed by atoms with E-state index in [-0.39, 0.29) is 5.97 Å². The molecule has 2 rings (SSSR count). The Hall–Kier alpha value is -1.88. The molecule has 0 atom stereocenters. The largest absolute Gasteiger partial charge is 0.496 e. The summed E-state index contributed by atoms with van der Waals surface area (Å²) in [6.07, 6.45) is 0. The molecule has 0 aliphatic rings. The van der Waals surface area contributed by atoms with E-state index in [2.05, 4.69) is 4.98 Å². The summed E-state index contributed by atoms with van der Waals surface area (Å²) >= 11 is 1.49. The van der Waals surface area contributed by atoms with Gasteiger partial charge < -0.3 is 9.47 Å². The fraction of sp³-hybridized carbons (Fsp3) is 0.333. The summed E-state index contributed by atoms with van der Waals surface area (Å²) in [7, 11) is 1.65. The van der Waals surface area contributed by atoms with Crippen molar-refractivity contribution in [3.63, 3.8) is 0 Å². The zero-order valence-electron chi connectivity index (χ0n) is 12.0. The topological polar surface area (TPSA) is 48.4 Å². The van der Waals surface area contributed by atoms with E-state index in [1.807, 2.05) is 32.0 Å². The molecule has 2 aromatic rings. The molecule has 0 fully saturated rings. The molecule has 1 aromatic heterocycles. The number of rotatable bonds is 4. The van der Waals surface area contributed by atoms with Gasteiger partial charge in [0.2, 0.25) is 0 Å². The number of aromatic nitrogens is 1. The number of hydrogen-bond acceptors (Lipinski definition) is 5. The lowest BCUT2D eigenvalue weighted by Crippen LogP contribution is -2.06. The average Bonchev–Trinajstić information content (AvgIpc) is 2.81. The van der Waals surface area contributed by atoms with Crippen LogP contribution in [0.2, 0.25) is 0 Å². The first-order chi connectivity index (χ1) is 9.56. The lowest BCUT2D eigenvalue weighted by molar-refractivity contribution is 0.0519. The minimum atomic E-state index is -0.363. The fourth-order valence-electron chi connectivity index (χ4n) is 1.92. The van der Waals surface area contributed by atoms with Crippen LogP contribution in [0.4, 0.5) is 0 Å². The number of ether oxygens (including phenoxy) is 2. The summed E-state index contributed by atoms with van der Waals surface area (Å²) in [4.78, 5) is 17.0. The number of carbonyl (C=O) groups is 1. The van der Waals surface area contributed by atoms with Crippen LogP contribution >= 0.6 is 11.3 Å². The fourth-order valence-corrected chi connectivity index (χ4v) is 2.82. The number of methoxy groups -OCH3 is 1. The molecule has 0 spiro atoms. The first-order valence-electron chi connectivity index (χ1n) is 6.36. The van der Waals surface area contributed by atoms with Gasteiger partial charge in [0.05, 0.1) is 13.7 Å². The van der Waals surface area contributed by atoms with Crippen LogP contribution in [0.5, 0.6) is 5.75 Å². The summed E-state index contributed by atoms with van der Waals surface area (Å²) in [5.74, 6) is 0.477. The predicted molar refractivity (Wildman–Crippen MR) is 79.5 cm³/mol. The molecule has 0 aliphatic carbocycles. The number of thiazole rings is 1. The molecule has 4 nitrogen and oxygen atoms in total. The third kappa shape index (κ3) is 2.82. The van der Waals surface area contributed by atoms with Gasteiger partial charge in [0.25, 0.3) is 0 Å². The Morgan fingerprint density at radius 3 is 2.70 bits per heavy atom. The Morgan fingerprint density at radius 2 is 2.10 bits per heavy atom. The normalized spacial score (nSPS) is 10.4. The molecule has 0 bridgehead atoms. The number of nitrogens with zero attached hydrogens (tertiary/aromatic N) is 1. The lowest BCUT2D eigenvalue weighted by Gasteiger charge is -2.05. The second kappa shape index (κ2) is 6.05. The van der Waals surface area contributed by atoms with E-state index < -0.39 is 0 Å². The van der Waals surface area contributed by atoms with E-state index in [0.717, 1.165) is 26.8 Å². The molecule has 20 heavy (non-hydrogen) atoms. The first-order valence-corrected chi connectivity index (χ1v) is 7.18. The van der Waals surface area contributed by atoms with Crippen molar-refractivity contribution in [1.29, 1.82) is 0 Å². The third-order valence-electron chi connectivity index (χ3n) is 2.91. The second-order valence-corrected chi connectivity index (χ2v) is 5.53. The van der Waals surface area contributed by atoms with E-state index in [9.17, 15) is 4.79 Å². The molecule has 1 heterocycles. The van der Waals surface area contributed by atoms with Crippen LogP contribution in [0, 0.1) is 13.8 Å². The molecule has 0 amide bonds. The SMILES string of the molecule is CCOC(=O)c1nc(-c2ccc(OC)c(C)c2)sc1C. The van der Waals surface area contributed by atoms with Gasteiger partial charge in [-0.25, -0.2) is 9.78 Å². The highest BCUT2D eigenvalue weighted by molar-refractivity contribution is 7.15. The van der Waals surface area contributed by atoms with E-state index in [4.69, 9.17) is 9.47 Å². The number of aryl methyl sites for hydroxylation is 2. The highest BCUT2D eigenvalue weighted by Crippen LogP contribution is 2.31. The Morgan fingerprint density at radius 1 is 1.35 bits per heavy atom. The standard InChI is InChI=1S/C15H17NO3S/c1-5-19-15(17)13-10(3)20-14(16-13)11-6-7-12(18-4)9(2)8-11/h6-8H,5H2,1-4H3. The van der Waals surface area contributed by atoms with Crippen molar-refractivity contribution >= 4 is 17.3 Å². The van der Waals surface area contributed by atoms with E-state index in [0.29, 0.717) is 12.3 Å². The van der Waals surface area contributed by atoms with Gasteiger partial charge >= 0.3 is 5.97 Å². The van der Waals surface area contributed by atoms with Gasteiger partial charge in [-0.1, -0.05) is 0 Å². The summed E-state index contributed by atoms with van der Waals surface area (Å²) in [5, 5.41) is 0.816. The lowest BCUT2D eigenvalue weighted by atomic mass is 10.1. The maximum absolute atomic E-state index is 11.8. The summed E-state index contributed by atoms with van der Waals surface area (Å²) in [6, 6.07) is 5.86. The van der Waals surface area contributed by atoms with Crippen LogP contribution in [0.25, 0.3) is 10.6 Å². The van der Waals surface area contributed by atoms with Crippen molar-refractivity contribution in [2.24, 2.45) is 0 Å². The average molecular weight is 291 g/mol. The van der Waals surface area contributed by atoms with Gasteiger partial charge in [0.1, 0.15) is 10.8 Å². The molecule has 106 valence electrons. The van der Waals surface area contributed by atoms with E-state index >= 15 is 0 Å². The summed E-state index contributed by atoms with van der Waals surface area (Å²) < 4.78 is 10.2. The minimum absolute atomic E-state index is 0.354.